The van der Waals surface area contributed by atoms with Crippen molar-refractivity contribution in [3.05, 3.63) is 47.1 Å². The van der Waals surface area contributed by atoms with Crippen molar-refractivity contribution in [2.24, 2.45) is 0 Å². The van der Waals surface area contributed by atoms with Crippen molar-refractivity contribution in [2.45, 2.75) is 0 Å². The van der Waals surface area contributed by atoms with Gasteiger partial charge in [0, 0.05) is 16.8 Å². The van der Waals surface area contributed by atoms with Crippen LogP contribution >= 0.6 is 11.6 Å². The predicted octanol–water partition coefficient (Wildman–Crippen LogP) is 2.81. The fraction of sp³-hybridized carbons (Fsp3) is 0. The molecule has 0 saturated carbocycles. The fourth-order valence-electron chi connectivity index (χ4n) is 1.26. The molecule has 3 nitrogen and oxygen atoms in total. The Balaban J connectivity index is 2.58. The molecule has 0 aliphatic heterocycles. The van der Waals surface area contributed by atoms with Crippen LogP contribution in [-0.4, -0.2) is 9.97 Å². The summed E-state index contributed by atoms with van der Waals surface area (Å²) in [5.74, 6) is -0.441. The number of benzene rings is 1. The van der Waals surface area contributed by atoms with Gasteiger partial charge in [0.25, 0.3) is 0 Å². The SMILES string of the molecule is N#Cc1nccc(-c2cc(Cl)ccc2F)n1. The van der Waals surface area contributed by atoms with E-state index >= 15 is 0 Å². The van der Waals surface area contributed by atoms with Gasteiger partial charge in [-0.25, -0.2) is 14.4 Å². The normalized spacial score (nSPS) is 9.81. The summed E-state index contributed by atoms with van der Waals surface area (Å²) in [7, 11) is 0. The largest absolute Gasteiger partial charge is 0.232 e. The van der Waals surface area contributed by atoms with Crippen molar-refractivity contribution < 1.29 is 4.39 Å². The van der Waals surface area contributed by atoms with E-state index in [0.717, 1.165) is 0 Å². The summed E-state index contributed by atoms with van der Waals surface area (Å²) in [6.45, 7) is 0. The van der Waals surface area contributed by atoms with Gasteiger partial charge < -0.3 is 0 Å². The lowest BCUT2D eigenvalue weighted by Gasteiger charge is -2.02. The standard InChI is InChI=1S/C11H5ClFN3/c12-7-1-2-9(13)8(5-7)10-3-4-15-11(6-14)16-10/h1-5H. The Morgan fingerprint density at radius 2 is 2.12 bits per heavy atom. The smallest absolute Gasteiger partial charge is 0.227 e. The molecule has 16 heavy (non-hydrogen) atoms. The van der Waals surface area contributed by atoms with E-state index in [4.69, 9.17) is 16.9 Å². The molecule has 0 bridgehead atoms. The predicted molar refractivity (Wildman–Crippen MR) is 57.2 cm³/mol. The third-order valence-corrected chi connectivity index (χ3v) is 2.20. The first-order valence-corrected chi connectivity index (χ1v) is 4.77. The van der Waals surface area contributed by atoms with Crippen LogP contribution < -0.4 is 0 Å². The fourth-order valence-corrected chi connectivity index (χ4v) is 1.43. The van der Waals surface area contributed by atoms with Gasteiger partial charge in [0.15, 0.2) is 0 Å². The van der Waals surface area contributed by atoms with Gasteiger partial charge in [-0.2, -0.15) is 5.26 Å². The Bertz CT molecular complexity index is 578. The second-order valence-corrected chi connectivity index (χ2v) is 3.44. The molecule has 2 rings (SSSR count). The van der Waals surface area contributed by atoms with E-state index in [9.17, 15) is 4.39 Å². The van der Waals surface area contributed by atoms with Crippen LogP contribution in [0.15, 0.2) is 30.5 Å². The van der Waals surface area contributed by atoms with E-state index in [1.807, 2.05) is 0 Å². The Morgan fingerprint density at radius 1 is 1.31 bits per heavy atom. The van der Waals surface area contributed by atoms with E-state index in [-0.39, 0.29) is 11.4 Å². The lowest BCUT2D eigenvalue weighted by Crippen LogP contribution is -1.93. The zero-order valence-electron chi connectivity index (χ0n) is 7.98. The molecule has 0 fully saturated rings. The number of rotatable bonds is 1. The molecular weight excluding hydrogens is 229 g/mol. The Kier molecular flexibility index (Phi) is 2.80. The third kappa shape index (κ3) is 2.00. The van der Waals surface area contributed by atoms with Crippen molar-refractivity contribution in [1.82, 2.24) is 9.97 Å². The molecule has 0 atom stereocenters. The Morgan fingerprint density at radius 3 is 2.88 bits per heavy atom. The van der Waals surface area contributed by atoms with Gasteiger partial charge in [-0.05, 0) is 24.3 Å². The number of nitrogens with zero attached hydrogens (tertiary/aromatic N) is 3. The van der Waals surface area contributed by atoms with Gasteiger partial charge in [-0.15, -0.1) is 0 Å². The van der Waals surface area contributed by atoms with Crippen molar-refractivity contribution >= 4 is 11.6 Å². The average molecular weight is 234 g/mol. The first-order chi connectivity index (χ1) is 7.70. The topological polar surface area (TPSA) is 49.6 Å². The summed E-state index contributed by atoms with van der Waals surface area (Å²) in [6, 6.07) is 7.48. The summed E-state index contributed by atoms with van der Waals surface area (Å²) in [4.78, 5) is 7.60. The minimum absolute atomic E-state index is 0.00289. The maximum absolute atomic E-state index is 13.5. The maximum Gasteiger partial charge on any atom is 0.232 e. The molecule has 1 heterocycles. The van der Waals surface area contributed by atoms with E-state index in [1.165, 1.54) is 30.5 Å². The second kappa shape index (κ2) is 4.25. The monoisotopic (exact) mass is 233 g/mol. The molecule has 0 saturated heterocycles. The minimum Gasteiger partial charge on any atom is -0.227 e. The molecule has 5 heteroatoms. The van der Waals surface area contributed by atoms with Crippen molar-refractivity contribution in [2.75, 3.05) is 0 Å². The first kappa shape index (κ1) is 10.5. The first-order valence-electron chi connectivity index (χ1n) is 4.39. The summed E-state index contributed by atoms with van der Waals surface area (Å²) < 4.78 is 13.5. The van der Waals surface area contributed by atoms with Crippen LogP contribution in [-0.2, 0) is 0 Å². The lowest BCUT2D eigenvalue weighted by atomic mass is 10.1. The molecule has 0 N–H and O–H groups in total. The summed E-state index contributed by atoms with van der Waals surface area (Å²) in [5, 5.41) is 9.05. The molecule has 2 aromatic rings. The highest BCUT2D eigenvalue weighted by atomic mass is 35.5. The van der Waals surface area contributed by atoms with Gasteiger partial charge in [-0.3, -0.25) is 0 Å². The highest BCUT2D eigenvalue weighted by Crippen LogP contribution is 2.24. The molecule has 0 radical (unpaired) electrons. The summed E-state index contributed by atoms with van der Waals surface area (Å²) >= 11 is 5.77. The van der Waals surface area contributed by atoms with Crippen molar-refractivity contribution in [1.29, 1.82) is 5.26 Å². The number of hydrogen-bond donors (Lipinski definition) is 0. The molecule has 0 spiro atoms. The molecule has 1 aromatic heterocycles. The van der Waals surface area contributed by atoms with E-state index < -0.39 is 5.82 Å². The Labute approximate surface area is 96.2 Å². The van der Waals surface area contributed by atoms with Crippen LogP contribution in [0.4, 0.5) is 4.39 Å². The highest BCUT2D eigenvalue weighted by Gasteiger charge is 2.08. The molecule has 0 aliphatic rings. The van der Waals surface area contributed by atoms with Crippen LogP contribution in [0.3, 0.4) is 0 Å². The van der Waals surface area contributed by atoms with Gasteiger partial charge >= 0.3 is 0 Å². The van der Waals surface area contributed by atoms with E-state index in [1.54, 1.807) is 6.07 Å². The minimum atomic E-state index is -0.438. The molecule has 1 aromatic carbocycles. The van der Waals surface area contributed by atoms with Crippen LogP contribution in [0, 0.1) is 17.1 Å². The number of nitriles is 1. The quantitative estimate of drug-likeness (QED) is 0.761. The van der Waals surface area contributed by atoms with Crippen LogP contribution in [0.5, 0.6) is 0 Å². The lowest BCUT2D eigenvalue weighted by molar-refractivity contribution is 0.630. The molecule has 0 aliphatic carbocycles. The van der Waals surface area contributed by atoms with Crippen LogP contribution in [0.1, 0.15) is 5.82 Å². The van der Waals surface area contributed by atoms with Crippen LogP contribution in [0.2, 0.25) is 5.02 Å². The van der Waals surface area contributed by atoms with Crippen molar-refractivity contribution in [3.8, 4) is 17.3 Å². The van der Waals surface area contributed by atoms with Gasteiger partial charge in [-0.1, -0.05) is 11.6 Å². The highest BCUT2D eigenvalue weighted by molar-refractivity contribution is 6.30. The van der Waals surface area contributed by atoms with E-state index in [2.05, 4.69) is 9.97 Å². The van der Waals surface area contributed by atoms with Crippen molar-refractivity contribution in [3.63, 3.8) is 0 Å². The zero-order valence-corrected chi connectivity index (χ0v) is 8.74. The van der Waals surface area contributed by atoms with Crippen LogP contribution in [0.25, 0.3) is 11.3 Å². The molecule has 78 valence electrons. The maximum atomic E-state index is 13.5. The average Bonchev–Trinajstić information content (AvgIpc) is 2.32. The van der Waals surface area contributed by atoms with E-state index in [0.29, 0.717) is 10.7 Å². The summed E-state index contributed by atoms with van der Waals surface area (Å²) in [6.07, 6.45) is 1.40. The second-order valence-electron chi connectivity index (χ2n) is 3.00. The number of halogens is 2. The summed E-state index contributed by atoms with van der Waals surface area (Å²) in [5.41, 5.74) is 0.595. The number of hydrogen-bond acceptors (Lipinski definition) is 3. The molecule has 0 unspecified atom stereocenters. The van der Waals surface area contributed by atoms with Gasteiger partial charge in [0.1, 0.15) is 11.9 Å². The Hall–Kier alpha value is -1.99. The van der Waals surface area contributed by atoms with Gasteiger partial charge in [0.2, 0.25) is 5.82 Å². The number of aromatic nitrogens is 2. The third-order valence-electron chi connectivity index (χ3n) is 1.96. The zero-order chi connectivity index (χ0) is 11.5. The molecular formula is C11H5ClFN3. The molecule has 0 amide bonds. The van der Waals surface area contributed by atoms with Gasteiger partial charge in [0.05, 0.1) is 5.69 Å².